The van der Waals surface area contributed by atoms with Gasteiger partial charge in [-0.2, -0.15) is 0 Å². The first-order valence-electron chi connectivity index (χ1n) is 6.06. The molecule has 1 rings (SSSR count). The number of esters is 1. The highest BCUT2D eigenvalue weighted by atomic mass is 35.5. The topological polar surface area (TPSA) is 50.4 Å². The molecule has 1 heterocycles. The van der Waals surface area contributed by atoms with E-state index < -0.39 is 5.41 Å². The van der Waals surface area contributed by atoms with E-state index in [2.05, 4.69) is 10.6 Å². The van der Waals surface area contributed by atoms with Crippen LogP contribution in [-0.4, -0.2) is 39.3 Å². The molecule has 102 valence electrons. The zero-order valence-electron chi connectivity index (χ0n) is 11.0. The predicted molar refractivity (Wildman–Crippen MR) is 71.5 cm³/mol. The van der Waals surface area contributed by atoms with Crippen molar-refractivity contribution < 1.29 is 9.53 Å². The van der Waals surface area contributed by atoms with Gasteiger partial charge >= 0.3 is 5.97 Å². The number of carbonyl (C=O) groups excluding carboxylic acids is 1. The number of methoxy groups -OCH3 is 1. The van der Waals surface area contributed by atoms with Crippen LogP contribution in [0.1, 0.15) is 26.7 Å². The average Bonchev–Trinajstić information content (AvgIpc) is 2.29. The Kier molecular flexibility index (Phi) is 7.75. The van der Waals surface area contributed by atoms with Crippen LogP contribution >= 0.6 is 12.4 Å². The molecule has 1 aliphatic rings. The second kappa shape index (κ2) is 7.90. The van der Waals surface area contributed by atoms with Crippen LogP contribution in [0.5, 0.6) is 0 Å². The van der Waals surface area contributed by atoms with Crippen LogP contribution in [0.4, 0.5) is 0 Å². The third kappa shape index (κ3) is 5.70. The van der Waals surface area contributed by atoms with E-state index in [9.17, 15) is 4.79 Å². The Morgan fingerprint density at radius 1 is 1.41 bits per heavy atom. The Labute approximate surface area is 110 Å². The highest BCUT2D eigenvalue weighted by molar-refractivity contribution is 5.85. The summed E-state index contributed by atoms with van der Waals surface area (Å²) in [6, 6.07) is 0. The smallest absolute Gasteiger partial charge is 0.312 e. The zero-order valence-corrected chi connectivity index (χ0v) is 11.9. The second-order valence-electron chi connectivity index (χ2n) is 5.20. The lowest BCUT2D eigenvalue weighted by Crippen LogP contribution is -2.40. The van der Waals surface area contributed by atoms with Crippen molar-refractivity contribution in [1.82, 2.24) is 10.6 Å². The highest BCUT2D eigenvalue weighted by Crippen LogP contribution is 2.16. The first kappa shape index (κ1) is 16.7. The van der Waals surface area contributed by atoms with E-state index >= 15 is 0 Å². The Morgan fingerprint density at radius 2 is 2.00 bits per heavy atom. The third-order valence-electron chi connectivity index (χ3n) is 3.20. The van der Waals surface area contributed by atoms with Gasteiger partial charge < -0.3 is 15.4 Å². The minimum atomic E-state index is -0.429. The molecule has 2 N–H and O–H groups in total. The van der Waals surface area contributed by atoms with Crippen molar-refractivity contribution in [3.8, 4) is 0 Å². The van der Waals surface area contributed by atoms with E-state index in [0.717, 1.165) is 25.6 Å². The van der Waals surface area contributed by atoms with Crippen molar-refractivity contribution >= 4 is 18.4 Å². The molecular weight excluding hydrogens is 240 g/mol. The molecule has 1 saturated heterocycles. The summed E-state index contributed by atoms with van der Waals surface area (Å²) in [5.41, 5.74) is -0.429. The van der Waals surface area contributed by atoms with Crippen molar-refractivity contribution in [2.24, 2.45) is 11.3 Å². The Bertz CT molecular complexity index is 229. The van der Waals surface area contributed by atoms with E-state index in [0.29, 0.717) is 6.54 Å². The fraction of sp³-hybridized carbons (Fsp3) is 0.917. The summed E-state index contributed by atoms with van der Waals surface area (Å²) in [7, 11) is 1.44. The molecule has 0 aliphatic carbocycles. The van der Waals surface area contributed by atoms with E-state index in [1.807, 2.05) is 13.8 Å². The number of rotatable bonds is 5. The Balaban J connectivity index is 0.00000256. The summed E-state index contributed by atoms with van der Waals surface area (Å²) in [6.07, 6.45) is 2.46. The Hall–Kier alpha value is -0.320. The minimum Gasteiger partial charge on any atom is -0.469 e. The highest BCUT2D eigenvalue weighted by Gasteiger charge is 2.28. The van der Waals surface area contributed by atoms with Crippen LogP contribution in [0.15, 0.2) is 0 Å². The predicted octanol–water partition coefficient (Wildman–Crippen LogP) is 1.20. The summed E-state index contributed by atoms with van der Waals surface area (Å²) < 4.78 is 4.77. The van der Waals surface area contributed by atoms with Crippen LogP contribution in [0.3, 0.4) is 0 Å². The average molecular weight is 265 g/mol. The molecule has 5 heteroatoms. The molecule has 0 bridgehead atoms. The van der Waals surface area contributed by atoms with Gasteiger partial charge in [0.2, 0.25) is 0 Å². The minimum absolute atomic E-state index is 0. The molecule has 0 aromatic heterocycles. The number of ether oxygens (including phenoxy) is 1. The van der Waals surface area contributed by atoms with Gasteiger partial charge in [0.15, 0.2) is 0 Å². The fourth-order valence-corrected chi connectivity index (χ4v) is 2.02. The number of piperidine rings is 1. The molecule has 1 fully saturated rings. The molecule has 0 radical (unpaired) electrons. The molecule has 0 spiro atoms. The van der Waals surface area contributed by atoms with E-state index in [1.165, 1.54) is 20.0 Å². The molecule has 4 nitrogen and oxygen atoms in total. The Morgan fingerprint density at radius 3 is 2.53 bits per heavy atom. The maximum atomic E-state index is 11.4. The molecule has 17 heavy (non-hydrogen) atoms. The number of carbonyl (C=O) groups is 1. The summed E-state index contributed by atoms with van der Waals surface area (Å²) in [5.74, 6) is 0.597. The summed E-state index contributed by atoms with van der Waals surface area (Å²) in [4.78, 5) is 11.4. The van der Waals surface area contributed by atoms with Gasteiger partial charge in [0, 0.05) is 6.54 Å². The largest absolute Gasteiger partial charge is 0.469 e. The van der Waals surface area contributed by atoms with E-state index in [1.54, 1.807) is 0 Å². The molecular formula is C12H25ClN2O2. The molecule has 0 aromatic carbocycles. The van der Waals surface area contributed by atoms with Crippen LogP contribution in [0.25, 0.3) is 0 Å². The van der Waals surface area contributed by atoms with Crippen LogP contribution in [-0.2, 0) is 9.53 Å². The van der Waals surface area contributed by atoms with Crippen molar-refractivity contribution in [1.29, 1.82) is 0 Å². The van der Waals surface area contributed by atoms with Gasteiger partial charge in [-0.05, 0) is 52.2 Å². The van der Waals surface area contributed by atoms with Gasteiger partial charge in [-0.3, -0.25) is 4.79 Å². The number of hydrogen-bond acceptors (Lipinski definition) is 4. The molecule has 0 atom stereocenters. The van der Waals surface area contributed by atoms with Crippen molar-refractivity contribution in [3.05, 3.63) is 0 Å². The van der Waals surface area contributed by atoms with Crippen LogP contribution in [0.2, 0.25) is 0 Å². The lowest BCUT2D eigenvalue weighted by molar-refractivity contribution is -0.150. The third-order valence-corrected chi connectivity index (χ3v) is 3.20. The number of halogens is 1. The summed E-state index contributed by atoms with van der Waals surface area (Å²) in [5, 5.41) is 6.73. The first-order valence-corrected chi connectivity index (χ1v) is 6.06. The first-order chi connectivity index (χ1) is 7.56. The van der Waals surface area contributed by atoms with Crippen LogP contribution < -0.4 is 10.6 Å². The zero-order chi connectivity index (χ0) is 12.0. The van der Waals surface area contributed by atoms with E-state index in [4.69, 9.17) is 4.74 Å². The second-order valence-corrected chi connectivity index (χ2v) is 5.20. The van der Waals surface area contributed by atoms with Gasteiger partial charge in [0.25, 0.3) is 0 Å². The molecule has 0 unspecified atom stereocenters. The lowest BCUT2D eigenvalue weighted by atomic mass is 9.92. The van der Waals surface area contributed by atoms with Gasteiger partial charge in [-0.1, -0.05) is 0 Å². The number of hydrogen-bond donors (Lipinski definition) is 2. The maximum absolute atomic E-state index is 11.4. The van der Waals surface area contributed by atoms with Crippen LogP contribution in [0, 0.1) is 11.3 Å². The molecule has 1 aliphatic heterocycles. The van der Waals surface area contributed by atoms with Crippen molar-refractivity contribution in [3.63, 3.8) is 0 Å². The molecule has 0 saturated carbocycles. The standard InChI is InChI=1S/C12H24N2O2.ClH/c1-12(2,11(15)16-3)9-14-8-10-4-6-13-7-5-10;/h10,13-14H,4-9H2,1-3H3;1H. The van der Waals surface area contributed by atoms with Crippen molar-refractivity contribution in [2.45, 2.75) is 26.7 Å². The maximum Gasteiger partial charge on any atom is 0.312 e. The summed E-state index contributed by atoms with van der Waals surface area (Å²) >= 11 is 0. The lowest BCUT2D eigenvalue weighted by Gasteiger charge is -2.26. The van der Waals surface area contributed by atoms with Crippen molar-refractivity contribution in [2.75, 3.05) is 33.3 Å². The van der Waals surface area contributed by atoms with E-state index in [-0.39, 0.29) is 18.4 Å². The number of nitrogens with one attached hydrogen (secondary N) is 2. The molecule has 0 amide bonds. The van der Waals surface area contributed by atoms with Gasteiger partial charge in [-0.15, -0.1) is 12.4 Å². The SMILES string of the molecule is COC(=O)C(C)(C)CNCC1CCNCC1.Cl. The monoisotopic (exact) mass is 264 g/mol. The summed E-state index contributed by atoms with van der Waals surface area (Å²) in [6.45, 7) is 7.74. The fourth-order valence-electron chi connectivity index (χ4n) is 2.02. The van der Waals surface area contributed by atoms with Gasteiger partial charge in [0.1, 0.15) is 0 Å². The normalized spacial score (nSPS) is 17.4. The van der Waals surface area contributed by atoms with Gasteiger partial charge in [-0.25, -0.2) is 0 Å². The quantitative estimate of drug-likeness (QED) is 0.733. The molecule has 0 aromatic rings. The van der Waals surface area contributed by atoms with Gasteiger partial charge in [0.05, 0.1) is 12.5 Å².